The van der Waals surface area contributed by atoms with Crippen LogP contribution in [0.25, 0.3) is 11.0 Å². The van der Waals surface area contributed by atoms with Gasteiger partial charge in [-0.2, -0.15) is 0 Å². The van der Waals surface area contributed by atoms with Gasteiger partial charge in [-0.05, 0) is 31.5 Å². The summed E-state index contributed by atoms with van der Waals surface area (Å²) in [6, 6.07) is 10.4. The van der Waals surface area contributed by atoms with Crippen LogP contribution in [0.15, 0.2) is 51.8 Å². The van der Waals surface area contributed by atoms with Gasteiger partial charge in [0.05, 0.1) is 11.7 Å². The molecule has 1 aromatic carbocycles. The number of urea groups is 1. The molecule has 2 amide bonds. The lowest BCUT2D eigenvalue weighted by Gasteiger charge is -2.14. The first-order chi connectivity index (χ1) is 11.4. The average molecular weight is 325 g/mol. The smallest absolute Gasteiger partial charge is 0.319 e. The first kappa shape index (κ1) is 15.9. The van der Waals surface area contributed by atoms with Crippen LogP contribution in [-0.4, -0.2) is 10.6 Å². The maximum atomic E-state index is 12.2. The molecule has 2 aromatic heterocycles. The summed E-state index contributed by atoms with van der Waals surface area (Å²) in [7, 11) is 1.64. The fourth-order valence-electron chi connectivity index (χ4n) is 2.50. The molecule has 0 spiro atoms. The van der Waals surface area contributed by atoms with Crippen LogP contribution in [0.3, 0.4) is 0 Å². The van der Waals surface area contributed by atoms with E-state index in [1.54, 1.807) is 20.2 Å². The number of furan rings is 1. The standard InChI is InChI=1S/C18H19N3O3/c1-11-8-17(22)21(3)10-14(11)20-18(23)19-12(2)16-9-13-6-4-5-7-15(13)24-16/h4-10,12H,1-3H3,(H2,19,20,23)/t12-/m0/s1. The minimum Gasteiger partial charge on any atom is -0.459 e. The number of amides is 2. The lowest BCUT2D eigenvalue weighted by Crippen LogP contribution is -2.31. The van der Waals surface area contributed by atoms with Crippen LogP contribution in [0.1, 0.15) is 24.3 Å². The molecule has 0 fully saturated rings. The fourth-order valence-corrected chi connectivity index (χ4v) is 2.50. The average Bonchev–Trinajstić information content (AvgIpc) is 2.96. The third-order valence-corrected chi connectivity index (χ3v) is 3.90. The van der Waals surface area contributed by atoms with E-state index >= 15 is 0 Å². The summed E-state index contributed by atoms with van der Waals surface area (Å²) in [6.45, 7) is 3.63. The van der Waals surface area contributed by atoms with Gasteiger partial charge in [-0.15, -0.1) is 0 Å². The molecule has 24 heavy (non-hydrogen) atoms. The number of anilines is 1. The second kappa shape index (κ2) is 6.23. The van der Waals surface area contributed by atoms with Gasteiger partial charge in [0, 0.05) is 24.7 Å². The summed E-state index contributed by atoms with van der Waals surface area (Å²) in [4.78, 5) is 23.8. The Morgan fingerprint density at radius 1 is 1.25 bits per heavy atom. The van der Waals surface area contributed by atoms with Gasteiger partial charge < -0.3 is 19.6 Å². The van der Waals surface area contributed by atoms with E-state index in [0.29, 0.717) is 17.0 Å². The molecule has 0 aliphatic carbocycles. The molecule has 3 aromatic rings. The van der Waals surface area contributed by atoms with Crippen molar-refractivity contribution in [1.82, 2.24) is 9.88 Å². The third kappa shape index (κ3) is 3.17. The lowest BCUT2D eigenvalue weighted by molar-refractivity contribution is 0.248. The Hall–Kier alpha value is -3.02. The van der Waals surface area contributed by atoms with Crippen molar-refractivity contribution in [3.05, 3.63) is 64.3 Å². The number of fused-ring (bicyclic) bond motifs is 1. The first-order valence-electron chi connectivity index (χ1n) is 7.67. The van der Waals surface area contributed by atoms with Crippen LogP contribution < -0.4 is 16.2 Å². The predicted molar refractivity (Wildman–Crippen MR) is 93.2 cm³/mol. The first-order valence-corrected chi connectivity index (χ1v) is 7.67. The van der Waals surface area contributed by atoms with Crippen LogP contribution >= 0.6 is 0 Å². The molecule has 6 heteroatoms. The number of hydrogen-bond donors (Lipinski definition) is 2. The lowest BCUT2D eigenvalue weighted by atomic mass is 10.2. The molecule has 0 saturated carbocycles. The second-order valence-electron chi connectivity index (χ2n) is 5.83. The van der Waals surface area contributed by atoms with Gasteiger partial charge in [-0.25, -0.2) is 4.79 Å². The molecular formula is C18H19N3O3. The van der Waals surface area contributed by atoms with E-state index in [1.165, 1.54) is 10.6 Å². The van der Waals surface area contributed by atoms with Gasteiger partial charge in [0.2, 0.25) is 0 Å². The van der Waals surface area contributed by atoms with E-state index in [4.69, 9.17) is 4.42 Å². The summed E-state index contributed by atoms with van der Waals surface area (Å²) in [5.41, 5.74) is 1.97. The van der Waals surface area contributed by atoms with E-state index in [9.17, 15) is 9.59 Å². The Bertz CT molecular complexity index is 923. The molecule has 124 valence electrons. The number of benzene rings is 1. The zero-order valence-electron chi connectivity index (χ0n) is 13.8. The third-order valence-electron chi connectivity index (χ3n) is 3.90. The highest BCUT2D eigenvalue weighted by molar-refractivity contribution is 5.90. The van der Waals surface area contributed by atoms with Crippen LogP contribution in [-0.2, 0) is 7.05 Å². The van der Waals surface area contributed by atoms with Crippen molar-refractivity contribution in [3.8, 4) is 0 Å². The number of pyridine rings is 1. The van der Waals surface area contributed by atoms with Crippen LogP contribution in [0.2, 0.25) is 0 Å². The number of para-hydroxylation sites is 1. The molecule has 1 atom stereocenters. The van der Waals surface area contributed by atoms with Crippen molar-refractivity contribution < 1.29 is 9.21 Å². The highest BCUT2D eigenvalue weighted by Crippen LogP contribution is 2.23. The topological polar surface area (TPSA) is 76.3 Å². The predicted octanol–water partition coefficient (Wildman–Crippen LogP) is 3.32. The Morgan fingerprint density at radius 2 is 2.00 bits per heavy atom. The molecule has 0 radical (unpaired) electrons. The molecule has 3 rings (SSSR count). The Balaban J connectivity index is 1.72. The van der Waals surface area contributed by atoms with Crippen LogP contribution in [0.4, 0.5) is 10.5 Å². The zero-order valence-corrected chi connectivity index (χ0v) is 13.8. The molecule has 6 nitrogen and oxygen atoms in total. The summed E-state index contributed by atoms with van der Waals surface area (Å²) < 4.78 is 7.17. The number of carbonyl (C=O) groups excluding carboxylic acids is 1. The molecule has 2 heterocycles. The van der Waals surface area contributed by atoms with Crippen molar-refractivity contribution in [2.45, 2.75) is 19.9 Å². The van der Waals surface area contributed by atoms with Gasteiger partial charge in [0.1, 0.15) is 11.3 Å². The molecular weight excluding hydrogens is 306 g/mol. The van der Waals surface area contributed by atoms with Gasteiger partial charge >= 0.3 is 6.03 Å². The number of hydrogen-bond acceptors (Lipinski definition) is 3. The van der Waals surface area contributed by atoms with Gasteiger partial charge in [-0.3, -0.25) is 4.79 Å². The van der Waals surface area contributed by atoms with E-state index in [2.05, 4.69) is 10.6 Å². The number of nitrogens with zero attached hydrogens (tertiary/aromatic N) is 1. The van der Waals surface area contributed by atoms with Crippen molar-refractivity contribution >= 4 is 22.7 Å². The molecule has 2 N–H and O–H groups in total. The van der Waals surface area contributed by atoms with Crippen molar-refractivity contribution in [2.75, 3.05) is 5.32 Å². The van der Waals surface area contributed by atoms with E-state index < -0.39 is 0 Å². The zero-order chi connectivity index (χ0) is 17.3. The van der Waals surface area contributed by atoms with Crippen LogP contribution in [0.5, 0.6) is 0 Å². The molecule has 0 bridgehead atoms. The summed E-state index contributed by atoms with van der Waals surface area (Å²) in [5.74, 6) is 0.684. The quantitative estimate of drug-likeness (QED) is 0.775. The minimum atomic E-state index is -0.357. The van der Waals surface area contributed by atoms with Crippen LogP contribution in [0, 0.1) is 6.92 Å². The maximum absolute atomic E-state index is 12.2. The number of aryl methyl sites for hydroxylation is 2. The Labute approximate surface area is 139 Å². The summed E-state index contributed by atoms with van der Waals surface area (Å²) in [5, 5.41) is 6.59. The van der Waals surface area contributed by atoms with Crippen molar-refractivity contribution in [1.29, 1.82) is 0 Å². The minimum absolute atomic E-state index is 0.117. The number of rotatable bonds is 3. The van der Waals surface area contributed by atoms with Gasteiger partial charge in [0.25, 0.3) is 5.56 Å². The van der Waals surface area contributed by atoms with E-state index in [1.807, 2.05) is 37.3 Å². The normalized spacial score (nSPS) is 12.1. The molecule has 0 aliphatic rings. The fraction of sp³-hybridized carbons (Fsp3) is 0.222. The molecule has 0 unspecified atom stereocenters. The number of carbonyl (C=O) groups is 1. The second-order valence-corrected chi connectivity index (χ2v) is 5.83. The highest BCUT2D eigenvalue weighted by Gasteiger charge is 2.15. The highest BCUT2D eigenvalue weighted by atomic mass is 16.3. The molecule has 0 aliphatic heterocycles. The summed E-state index contributed by atoms with van der Waals surface area (Å²) in [6.07, 6.45) is 1.60. The van der Waals surface area contributed by atoms with E-state index in [0.717, 1.165) is 11.0 Å². The Kier molecular flexibility index (Phi) is 4.12. The van der Waals surface area contributed by atoms with Gasteiger partial charge in [0.15, 0.2) is 0 Å². The van der Waals surface area contributed by atoms with Crippen molar-refractivity contribution in [2.24, 2.45) is 7.05 Å². The maximum Gasteiger partial charge on any atom is 0.319 e. The monoisotopic (exact) mass is 325 g/mol. The number of aromatic nitrogens is 1. The summed E-state index contributed by atoms with van der Waals surface area (Å²) >= 11 is 0. The molecule has 0 saturated heterocycles. The van der Waals surface area contributed by atoms with Gasteiger partial charge in [-0.1, -0.05) is 18.2 Å². The van der Waals surface area contributed by atoms with E-state index in [-0.39, 0.29) is 17.6 Å². The van der Waals surface area contributed by atoms with Crippen molar-refractivity contribution in [3.63, 3.8) is 0 Å². The SMILES string of the molecule is Cc1cc(=O)n(C)cc1NC(=O)N[C@@H](C)c1cc2ccccc2o1. The number of nitrogens with one attached hydrogen (secondary N) is 2. The largest absolute Gasteiger partial charge is 0.459 e. The Morgan fingerprint density at radius 3 is 2.75 bits per heavy atom.